The largest absolute Gasteiger partial charge is 0.508 e. The Labute approximate surface area is 80.9 Å². The molecule has 1 aromatic carbocycles. The van der Waals surface area contributed by atoms with E-state index < -0.39 is 0 Å². The van der Waals surface area contributed by atoms with Gasteiger partial charge in [-0.05, 0) is 31.2 Å². The van der Waals surface area contributed by atoms with E-state index >= 15 is 0 Å². The SMILES string of the molecule is Cc1[nH]c(-c2ccc(O)cc2)nc1O. The minimum atomic E-state index is 0.00748. The number of benzene rings is 1. The van der Waals surface area contributed by atoms with Crippen LogP contribution in [0.2, 0.25) is 0 Å². The van der Waals surface area contributed by atoms with Crippen molar-refractivity contribution in [2.24, 2.45) is 0 Å². The van der Waals surface area contributed by atoms with Crippen LogP contribution in [-0.4, -0.2) is 20.2 Å². The van der Waals surface area contributed by atoms with Gasteiger partial charge in [-0.3, -0.25) is 0 Å². The molecule has 0 saturated heterocycles. The van der Waals surface area contributed by atoms with Crippen molar-refractivity contribution < 1.29 is 10.2 Å². The quantitative estimate of drug-likeness (QED) is 0.642. The monoisotopic (exact) mass is 190 g/mol. The molecule has 72 valence electrons. The van der Waals surface area contributed by atoms with Crippen molar-refractivity contribution in [3.05, 3.63) is 30.0 Å². The van der Waals surface area contributed by atoms with Gasteiger partial charge < -0.3 is 15.2 Å². The molecule has 0 aliphatic heterocycles. The first-order chi connectivity index (χ1) is 6.66. The van der Waals surface area contributed by atoms with Gasteiger partial charge in [-0.2, -0.15) is 4.98 Å². The fourth-order valence-electron chi connectivity index (χ4n) is 1.21. The van der Waals surface area contributed by atoms with Gasteiger partial charge in [0.1, 0.15) is 11.6 Å². The minimum Gasteiger partial charge on any atom is -0.508 e. The number of H-pyrrole nitrogens is 1. The lowest BCUT2D eigenvalue weighted by Gasteiger charge is -1.95. The highest BCUT2D eigenvalue weighted by Gasteiger charge is 2.06. The number of phenols is 1. The van der Waals surface area contributed by atoms with Crippen molar-refractivity contribution in [1.29, 1.82) is 0 Å². The molecule has 4 nitrogen and oxygen atoms in total. The molecule has 0 aliphatic rings. The van der Waals surface area contributed by atoms with E-state index in [1.165, 1.54) is 0 Å². The number of imidazole rings is 1. The fraction of sp³-hybridized carbons (Fsp3) is 0.100. The number of nitrogens with zero attached hydrogens (tertiary/aromatic N) is 1. The Morgan fingerprint density at radius 2 is 1.79 bits per heavy atom. The normalized spacial score (nSPS) is 10.4. The number of hydrogen-bond acceptors (Lipinski definition) is 3. The third-order valence-corrected chi connectivity index (χ3v) is 2.00. The Kier molecular flexibility index (Phi) is 1.89. The van der Waals surface area contributed by atoms with Crippen molar-refractivity contribution in [1.82, 2.24) is 9.97 Å². The molecule has 2 aromatic rings. The Morgan fingerprint density at radius 3 is 2.29 bits per heavy atom. The highest BCUT2D eigenvalue weighted by molar-refractivity contribution is 5.57. The third-order valence-electron chi connectivity index (χ3n) is 2.00. The lowest BCUT2D eigenvalue weighted by molar-refractivity contribution is 0.452. The summed E-state index contributed by atoms with van der Waals surface area (Å²) in [6.07, 6.45) is 0. The first-order valence-corrected chi connectivity index (χ1v) is 4.22. The van der Waals surface area contributed by atoms with E-state index in [-0.39, 0.29) is 11.6 Å². The summed E-state index contributed by atoms with van der Waals surface area (Å²) >= 11 is 0. The van der Waals surface area contributed by atoms with Gasteiger partial charge in [-0.1, -0.05) is 0 Å². The average Bonchev–Trinajstić information content (AvgIpc) is 2.48. The maximum atomic E-state index is 9.26. The summed E-state index contributed by atoms with van der Waals surface area (Å²) in [5.41, 5.74) is 1.46. The number of nitrogens with one attached hydrogen (secondary N) is 1. The molecule has 1 aromatic heterocycles. The Bertz CT molecular complexity index is 426. The molecule has 0 atom stereocenters. The van der Waals surface area contributed by atoms with E-state index in [9.17, 15) is 5.11 Å². The number of hydrogen-bond donors (Lipinski definition) is 3. The molecule has 4 heteroatoms. The maximum absolute atomic E-state index is 9.26. The summed E-state index contributed by atoms with van der Waals surface area (Å²) in [5.74, 6) is 0.814. The van der Waals surface area contributed by atoms with Crippen LogP contribution in [0.3, 0.4) is 0 Å². The van der Waals surface area contributed by atoms with Gasteiger partial charge in [-0.15, -0.1) is 0 Å². The minimum absolute atomic E-state index is 0.00748. The summed E-state index contributed by atoms with van der Waals surface area (Å²) in [6, 6.07) is 6.61. The van der Waals surface area contributed by atoms with Crippen molar-refractivity contribution in [2.75, 3.05) is 0 Å². The molecule has 0 spiro atoms. The zero-order chi connectivity index (χ0) is 10.1. The van der Waals surface area contributed by atoms with E-state index in [0.717, 1.165) is 5.56 Å². The fourth-order valence-corrected chi connectivity index (χ4v) is 1.21. The van der Waals surface area contributed by atoms with E-state index in [2.05, 4.69) is 9.97 Å². The number of phenolic OH excluding ortho intramolecular Hbond substituents is 1. The van der Waals surface area contributed by atoms with Gasteiger partial charge in [0.2, 0.25) is 5.88 Å². The van der Waals surface area contributed by atoms with Gasteiger partial charge >= 0.3 is 0 Å². The van der Waals surface area contributed by atoms with Crippen molar-refractivity contribution >= 4 is 0 Å². The standard InChI is InChI=1S/C10H10N2O2/c1-6-10(14)12-9(11-6)7-2-4-8(13)5-3-7/h2-5,13-14H,1H3,(H,11,12). The van der Waals surface area contributed by atoms with Crippen LogP contribution in [0.5, 0.6) is 11.6 Å². The zero-order valence-electron chi connectivity index (χ0n) is 7.65. The van der Waals surface area contributed by atoms with Crippen molar-refractivity contribution in [3.63, 3.8) is 0 Å². The molecule has 0 amide bonds. The predicted molar refractivity (Wildman–Crippen MR) is 52.1 cm³/mol. The summed E-state index contributed by atoms with van der Waals surface area (Å²) in [7, 11) is 0. The molecule has 0 bridgehead atoms. The number of aromatic hydroxyl groups is 2. The first kappa shape index (κ1) is 8.62. The molecule has 3 N–H and O–H groups in total. The topological polar surface area (TPSA) is 69.1 Å². The molecular formula is C10H10N2O2. The molecule has 0 fully saturated rings. The summed E-state index contributed by atoms with van der Waals surface area (Å²) < 4.78 is 0. The van der Waals surface area contributed by atoms with Gasteiger partial charge in [0.05, 0.1) is 5.69 Å². The lowest BCUT2D eigenvalue weighted by atomic mass is 10.2. The highest BCUT2D eigenvalue weighted by atomic mass is 16.3. The molecular weight excluding hydrogens is 180 g/mol. The molecule has 14 heavy (non-hydrogen) atoms. The molecule has 0 aliphatic carbocycles. The van der Waals surface area contributed by atoms with E-state index in [4.69, 9.17) is 5.11 Å². The molecule has 0 radical (unpaired) electrons. The number of rotatable bonds is 1. The van der Waals surface area contributed by atoms with Crippen LogP contribution in [0.1, 0.15) is 5.69 Å². The predicted octanol–water partition coefficient (Wildman–Crippen LogP) is 1.80. The Balaban J connectivity index is 2.44. The van der Waals surface area contributed by atoms with E-state index in [1.807, 2.05) is 0 Å². The van der Waals surface area contributed by atoms with Gasteiger partial charge in [0.15, 0.2) is 0 Å². The van der Waals surface area contributed by atoms with Crippen LogP contribution in [0.4, 0.5) is 0 Å². The van der Waals surface area contributed by atoms with Crippen LogP contribution in [0.25, 0.3) is 11.4 Å². The van der Waals surface area contributed by atoms with E-state index in [1.54, 1.807) is 31.2 Å². The third kappa shape index (κ3) is 1.42. The van der Waals surface area contributed by atoms with Crippen LogP contribution < -0.4 is 0 Å². The molecule has 0 saturated carbocycles. The summed E-state index contributed by atoms with van der Waals surface area (Å²) in [4.78, 5) is 6.87. The lowest BCUT2D eigenvalue weighted by Crippen LogP contribution is -1.79. The van der Waals surface area contributed by atoms with Gasteiger partial charge in [0, 0.05) is 5.56 Å². The van der Waals surface area contributed by atoms with Crippen molar-refractivity contribution in [3.8, 4) is 23.0 Å². The van der Waals surface area contributed by atoms with Crippen LogP contribution in [0, 0.1) is 6.92 Å². The van der Waals surface area contributed by atoms with Gasteiger partial charge in [0.25, 0.3) is 0 Å². The van der Waals surface area contributed by atoms with E-state index in [0.29, 0.717) is 11.5 Å². The highest BCUT2D eigenvalue weighted by Crippen LogP contribution is 2.22. The smallest absolute Gasteiger partial charge is 0.232 e. The Morgan fingerprint density at radius 1 is 1.14 bits per heavy atom. The molecule has 2 rings (SSSR count). The number of aromatic amines is 1. The van der Waals surface area contributed by atoms with Crippen molar-refractivity contribution in [2.45, 2.75) is 6.92 Å². The van der Waals surface area contributed by atoms with Gasteiger partial charge in [-0.25, -0.2) is 0 Å². The second-order valence-corrected chi connectivity index (χ2v) is 3.08. The first-order valence-electron chi connectivity index (χ1n) is 4.22. The van der Waals surface area contributed by atoms with Crippen LogP contribution in [-0.2, 0) is 0 Å². The Hall–Kier alpha value is -1.97. The van der Waals surface area contributed by atoms with Crippen LogP contribution >= 0.6 is 0 Å². The maximum Gasteiger partial charge on any atom is 0.232 e. The second-order valence-electron chi connectivity index (χ2n) is 3.08. The van der Waals surface area contributed by atoms with Crippen LogP contribution in [0.15, 0.2) is 24.3 Å². The summed E-state index contributed by atoms with van der Waals surface area (Å²) in [5, 5.41) is 18.3. The zero-order valence-corrected chi connectivity index (χ0v) is 7.65. The summed E-state index contributed by atoms with van der Waals surface area (Å²) in [6.45, 7) is 1.74. The molecule has 0 unspecified atom stereocenters. The number of aryl methyl sites for hydroxylation is 1. The second kappa shape index (κ2) is 3.06. The number of aromatic nitrogens is 2. The molecule has 1 heterocycles. The average molecular weight is 190 g/mol.